The second kappa shape index (κ2) is 5.20. The van der Waals surface area contributed by atoms with Gasteiger partial charge in [-0.15, -0.1) is 0 Å². The van der Waals surface area contributed by atoms with Gasteiger partial charge >= 0.3 is 12.6 Å². The van der Waals surface area contributed by atoms with Crippen LogP contribution in [0, 0.1) is 5.82 Å². The number of carbonyl (C=O) groups is 1. The zero-order valence-electron chi connectivity index (χ0n) is 7.71. The largest absolute Gasteiger partial charge is 0.478 e. The van der Waals surface area contributed by atoms with Crippen molar-refractivity contribution >= 4 is 21.9 Å². The van der Waals surface area contributed by atoms with Crippen LogP contribution in [-0.2, 0) is 5.33 Å². The third kappa shape index (κ3) is 2.88. The lowest BCUT2D eigenvalue weighted by Crippen LogP contribution is -2.09. The van der Waals surface area contributed by atoms with Crippen LogP contribution in [0.25, 0.3) is 0 Å². The summed E-state index contributed by atoms with van der Waals surface area (Å²) >= 11 is 2.94. The molecular formula is C9H6BrF3O3. The molecule has 0 spiro atoms. The number of rotatable bonds is 4. The van der Waals surface area contributed by atoms with Crippen LogP contribution < -0.4 is 4.74 Å². The van der Waals surface area contributed by atoms with Crippen LogP contribution >= 0.6 is 15.9 Å². The van der Waals surface area contributed by atoms with Crippen LogP contribution in [-0.4, -0.2) is 17.7 Å². The Morgan fingerprint density at radius 2 is 2.12 bits per heavy atom. The fourth-order valence-corrected chi connectivity index (χ4v) is 1.49. The summed E-state index contributed by atoms with van der Waals surface area (Å²) in [5, 5.41) is 8.73. The highest BCUT2D eigenvalue weighted by atomic mass is 79.9. The summed E-state index contributed by atoms with van der Waals surface area (Å²) in [6, 6.07) is 1.58. The van der Waals surface area contributed by atoms with E-state index in [1.165, 1.54) is 0 Å². The average molecular weight is 299 g/mol. The van der Waals surface area contributed by atoms with E-state index in [2.05, 4.69) is 20.7 Å². The number of benzene rings is 1. The molecule has 0 aliphatic heterocycles. The summed E-state index contributed by atoms with van der Waals surface area (Å²) < 4.78 is 41.2. The van der Waals surface area contributed by atoms with E-state index >= 15 is 0 Å². The first kappa shape index (κ1) is 12.8. The Kier molecular flexibility index (Phi) is 4.17. The molecule has 0 radical (unpaired) electrons. The van der Waals surface area contributed by atoms with Gasteiger partial charge in [-0.25, -0.2) is 9.18 Å². The minimum atomic E-state index is -3.16. The molecule has 1 rings (SSSR count). The summed E-state index contributed by atoms with van der Waals surface area (Å²) in [7, 11) is 0. The van der Waals surface area contributed by atoms with E-state index in [9.17, 15) is 18.0 Å². The summed E-state index contributed by atoms with van der Waals surface area (Å²) in [5.74, 6) is -2.88. The lowest BCUT2D eigenvalue weighted by molar-refractivity contribution is -0.0504. The molecule has 16 heavy (non-hydrogen) atoms. The smallest absolute Gasteiger partial charge is 0.387 e. The van der Waals surface area contributed by atoms with Gasteiger partial charge in [0.1, 0.15) is 17.1 Å². The normalized spacial score (nSPS) is 10.6. The highest BCUT2D eigenvalue weighted by molar-refractivity contribution is 9.08. The summed E-state index contributed by atoms with van der Waals surface area (Å²) in [6.07, 6.45) is 0. The molecule has 1 aromatic carbocycles. The van der Waals surface area contributed by atoms with Gasteiger partial charge in [0.25, 0.3) is 0 Å². The number of hydrogen-bond donors (Lipinski definition) is 1. The SMILES string of the molecule is O=C(O)c1cc(F)c(CBr)cc1OC(F)F. The number of carboxylic acids is 1. The third-order valence-corrected chi connectivity index (χ3v) is 2.34. The fraction of sp³-hybridized carbons (Fsp3) is 0.222. The number of halogens is 4. The molecule has 88 valence electrons. The monoisotopic (exact) mass is 298 g/mol. The van der Waals surface area contributed by atoms with Crippen molar-refractivity contribution in [3.63, 3.8) is 0 Å². The van der Waals surface area contributed by atoms with Gasteiger partial charge in [-0.3, -0.25) is 0 Å². The maximum Gasteiger partial charge on any atom is 0.387 e. The Hall–Kier alpha value is -1.24. The Balaban J connectivity index is 3.25. The molecule has 0 saturated heterocycles. The van der Waals surface area contributed by atoms with Crippen molar-refractivity contribution in [2.75, 3.05) is 0 Å². The molecule has 0 fully saturated rings. The van der Waals surface area contributed by atoms with E-state index in [0.717, 1.165) is 6.07 Å². The number of hydrogen-bond acceptors (Lipinski definition) is 2. The molecule has 0 amide bonds. The molecular weight excluding hydrogens is 293 g/mol. The molecule has 0 atom stereocenters. The summed E-state index contributed by atoms with van der Waals surface area (Å²) in [6.45, 7) is -3.16. The van der Waals surface area contributed by atoms with Gasteiger partial charge in [-0.05, 0) is 12.1 Å². The minimum absolute atomic E-state index is 0.0423. The number of ether oxygens (including phenoxy) is 1. The summed E-state index contributed by atoms with van der Waals surface area (Å²) in [5.41, 5.74) is -0.594. The van der Waals surface area contributed by atoms with E-state index in [4.69, 9.17) is 5.11 Å². The quantitative estimate of drug-likeness (QED) is 0.869. The summed E-state index contributed by atoms with van der Waals surface area (Å²) in [4.78, 5) is 10.7. The molecule has 1 N–H and O–H groups in total. The number of alkyl halides is 3. The maximum atomic E-state index is 13.2. The second-order valence-electron chi connectivity index (χ2n) is 2.76. The van der Waals surface area contributed by atoms with Crippen molar-refractivity contribution in [3.05, 3.63) is 29.1 Å². The first-order valence-electron chi connectivity index (χ1n) is 4.02. The van der Waals surface area contributed by atoms with Crippen molar-refractivity contribution in [2.24, 2.45) is 0 Å². The standard InChI is InChI=1S/C9H6BrF3O3/c10-3-4-1-7(16-9(12)13)5(8(14)15)2-6(4)11/h1-2,9H,3H2,(H,14,15). The van der Waals surface area contributed by atoms with Crippen LogP contribution in [0.3, 0.4) is 0 Å². The van der Waals surface area contributed by atoms with Crippen LogP contribution in [0.2, 0.25) is 0 Å². The van der Waals surface area contributed by atoms with E-state index in [1.807, 2.05) is 0 Å². The molecule has 3 nitrogen and oxygen atoms in total. The van der Waals surface area contributed by atoms with E-state index in [-0.39, 0.29) is 10.9 Å². The van der Waals surface area contributed by atoms with Gasteiger partial charge in [-0.2, -0.15) is 8.78 Å². The van der Waals surface area contributed by atoms with Crippen LogP contribution in [0.1, 0.15) is 15.9 Å². The predicted molar refractivity (Wildman–Crippen MR) is 52.6 cm³/mol. The predicted octanol–water partition coefficient (Wildman–Crippen LogP) is 3.02. The fourth-order valence-electron chi connectivity index (χ4n) is 1.06. The van der Waals surface area contributed by atoms with E-state index < -0.39 is 29.7 Å². The first-order valence-corrected chi connectivity index (χ1v) is 5.14. The zero-order valence-corrected chi connectivity index (χ0v) is 9.30. The van der Waals surface area contributed by atoms with Crippen LogP contribution in [0.4, 0.5) is 13.2 Å². The van der Waals surface area contributed by atoms with Crippen LogP contribution in [0.5, 0.6) is 5.75 Å². The third-order valence-electron chi connectivity index (χ3n) is 1.74. The molecule has 0 aliphatic carbocycles. The zero-order chi connectivity index (χ0) is 12.3. The first-order chi connectivity index (χ1) is 7.45. The number of carboxylic acid groups (broad SMARTS) is 1. The van der Waals surface area contributed by atoms with Crippen molar-refractivity contribution in [1.82, 2.24) is 0 Å². The topological polar surface area (TPSA) is 46.5 Å². The molecule has 0 unspecified atom stereocenters. The van der Waals surface area contributed by atoms with Gasteiger partial charge in [-0.1, -0.05) is 15.9 Å². The van der Waals surface area contributed by atoms with Crippen molar-refractivity contribution in [1.29, 1.82) is 0 Å². The Morgan fingerprint density at radius 1 is 1.50 bits per heavy atom. The van der Waals surface area contributed by atoms with E-state index in [0.29, 0.717) is 6.07 Å². The Bertz CT molecular complexity index is 409. The van der Waals surface area contributed by atoms with E-state index in [1.54, 1.807) is 0 Å². The van der Waals surface area contributed by atoms with Crippen molar-refractivity contribution in [3.8, 4) is 5.75 Å². The minimum Gasteiger partial charge on any atom is -0.478 e. The molecule has 0 saturated carbocycles. The van der Waals surface area contributed by atoms with Crippen LogP contribution in [0.15, 0.2) is 12.1 Å². The van der Waals surface area contributed by atoms with Crippen molar-refractivity contribution < 1.29 is 27.8 Å². The van der Waals surface area contributed by atoms with Gasteiger partial charge in [0.2, 0.25) is 0 Å². The van der Waals surface area contributed by atoms with Gasteiger partial charge in [0.05, 0.1) is 0 Å². The molecule has 0 aliphatic rings. The maximum absolute atomic E-state index is 13.2. The number of aromatic carboxylic acids is 1. The molecule has 7 heteroatoms. The highest BCUT2D eigenvalue weighted by Gasteiger charge is 2.18. The second-order valence-corrected chi connectivity index (χ2v) is 3.32. The Labute approximate surface area is 97.0 Å². The van der Waals surface area contributed by atoms with Gasteiger partial charge in [0, 0.05) is 10.9 Å². The highest BCUT2D eigenvalue weighted by Crippen LogP contribution is 2.26. The van der Waals surface area contributed by atoms with Gasteiger partial charge < -0.3 is 9.84 Å². The molecule has 1 aromatic rings. The van der Waals surface area contributed by atoms with Crippen molar-refractivity contribution in [2.45, 2.75) is 11.9 Å². The lowest BCUT2D eigenvalue weighted by Gasteiger charge is -2.10. The van der Waals surface area contributed by atoms with Gasteiger partial charge in [0.15, 0.2) is 0 Å². The Morgan fingerprint density at radius 3 is 2.56 bits per heavy atom. The molecule has 0 heterocycles. The lowest BCUT2D eigenvalue weighted by atomic mass is 10.1. The molecule has 0 aromatic heterocycles. The molecule has 0 bridgehead atoms. The average Bonchev–Trinajstić information content (AvgIpc) is 2.19.